The molecule has 84 valence electrons. The van der Waals surface area contributed by atoms with Crippen molar-refractivity contribution < 1.29 is 4.74 Å². The summed E-state index contributed by atoms with van der Waals surface area (Å²) in [5.74, 6) is 0.634. The Morgan fingerprint density at radius 1 is 1.69 bits per heavy atom. The Kier molecular flexibility index (Phi) is 3.32. The van der Waals surface area contributed by atoms with Crippen molar-refractivity contribution in [3.8, 4) is 6.07 Å². The number of aromatic nitrogens is 2. The zero-order valence-electron chi connectivity index (χ0n) is 9.26. The monoisotopic (exact) mass is 218 g/mol. The van der Waals surface area contributed by atoms with E-state index in [2.05, 4.69) is 21.8 Å². The summed E-state index contributed by atoms with van der Waals surface area (Å²) in [4.78, 5) is 10.5. The molecule has 1 aliphatic heterocycles. The molecule has 0 bridgehead atoms. The molecule has 0 aliphatic carbocycles. The normalized spacial score (nSPS) is 20.5. The van der Waals surface area contributed by atoms with Gasteiger partial charge < -0.3 is 9.64 Å². The highest BCUT2D eigenvalue weighted by Crippen LogP contribution is 2.16. The maximum atomic E-state index is 8.80. The van der Waals surface area contributed by atoms with Gasteiger partial charge in [-0.15, -0.1) is 0 Å². The highest BCUT2D eigenvalue weighted by molar-refractivity contribution is 5.35. The summed E-state index contributed by atoms with van der Waals surface area (Å²) < 4.78 is 5.42. The molecular formula is C11H14N4O. The summed E-state index contributed by atoms with van der Waals surface area (Å²) >= 11 is 0. The minimum atomic E-state index is 0.308. The van der Waals surface area contributed by atoms with E-state index in [1.165, 1.54) is 0 Å². The van der Waals surface area contributed by atoms with Crippen LogP contribution < -0.4 is 4.90 Å². The lowest BCUT2D eigenvalue weighted by Crippen LogP contribution is -2.46. The fourth-order valence-electron chi connectivity index (χ4n) is 1.81. The summed E-state index contributed by atoms with van der Waals surface area (Å²) in [7, 11) is 0. The zero-order chi connectivity index (χ0) is 11.4. The van der Waals surface area contributed by atoms with Gasteiger partial charge in [-0.2, -0.15) is 5.26 Å². The Bertz CT molecular complexity index is 401. The van der Waals surface area contributed by atoms with Gasteiger partial charge in [-0.3, -0.25) is 0 Å². The molecule has 1 aromatic rings. The van der Waals surface area contributed by atoms with Gasteiger partial charge in [0.1, 0.15) is 11.8 Å². The van der Waals surface area contributed by atoms with E-state index >= 15 is 0 Å². The molecular weight excluding hydrogens is 204 g/mol. The SMILES string of the molecule is CCC1COCCN1c1nccc(C#N)n1. The lowest BCUT2D eigenvalue weighted by atomic mass is 10.2. The largest absolute Gasteiger partial charge is 0.377 e. The first-order valence-electron chi connectivity index (χ1n) is 5.42. The molecule has 0 saturated carbocycles. The molecule has 0 amide bonds. The van der Waals surface area contributed by atoms with Gasteiger partial charge in [0, 0.05) is 12.7 Å². The minimum absolute atomic E-state index is 0.308. The van der Waals surface area contributed by atoms with E-state index in [-0.39, 0.29) is 0 Å². The number of ether oxygens (including phenoxy) is 1. The summed E-state index contributed by atoms with van der Waals surface area (Å²) in [6.45, 7) is 4.29. The predicted octanol–water partition coefficient (Wildman–Crippen LogP) is 0.963. The number of nitriles is 1. The lowest BCUT2D eigenvalue weighted by Gasteiger charge is -2.34. The van der Waals surface area contributed by atoms with Crippen LogP contribution in [-0.4, -0.2) is 35.8 Å². The molecule has 0 aromatic carbocycles. The molecule has 1 aromatic heterocycles. The standard InChI is InChI=1S/C11H14N4O/c1-2-10-8-16-6-5-15(10)11-13-4-3-9(7-12)14-11/h3-4,10H,2,5-6,8H2,1H3. The lowest BCUT2D eigenvalue weighted by molar-refractivity contribution is 0.0921. The summed E-state index contributed by atoms with van der Waals surface area (Å²) in [6, 6.07) is 3.95. The third-order valence-electron chi connectivity index (χ3n) is 2.71. The molecule has 1 atom stereocenters. The van der Waals surface area contributed by atoms with E-state index in [1.807, 2.05) is 6.07 Å². The van der Waals surface area contributed by atoms with Crippen molar-refractivity contribution in [2.75, 3.05) is 24.7 Å². The third-order valence-corrected chi connectivity index (χ3v) is 2.71. The molecule has 0 spiro atoms. The first kappa shape index (κ1) is 10.8. The Morgan fingerprint density at radius 2 is 2.56 bits per heavy atom. The molecule has 2 heterocycles. The van der Waals surface area contributed by atoms with Gasteiger partial charge >= 0.3 is 0 Å². The fourth-order valence-corrected chi connectivity index (χ4v) is 1.81. The van der Waals surface area contributed by atoms with Gasteiger partial charge in [-0.25, -0.2) is 9.97 Å². The van der Waals surface area contributed by atoms with E-state index in [1.54, 1.807) is 12.3 Å². The van der Waals surface area contributed by atoms with Crippen LogP contribution >= 0.6 is 0 Å². The first-order valence-corrected chi connectivity index (χ1v) is 5.42. The van der Waals surface area contributed by atoms with Gasteiger partial charge in [0.2, 0.25) is 5.95 Å². The number of anilines is 1. The third kappa shape index (κ3) is 2.12. The summed E-state index contributed by atoms with van der Waals surface area (Å²) in [6.07, 6.45) is 2.61. The number of morpholine rings is 1. The number of rotatable bonds is 2. The van der Waals surface area contributed by atoms with Gasteiger partial charge in [0.05, 0.1) is 19.3 Å². The van der Waals surface area contributed by atoms with E-state index in [9.17, 15) is 0 Å². The van der Waals surface area contributed by atoms with Crippen molar-refractivity contribution in [3.63, 3.8) is 0 Å². The van der Waals surface area contributed by atoms with Gasteiger partial charge in [0.15, 0.2) is 0 Å². The first-order chi connectivity index (χ1) is 7.85. The molecule has 1 saturated heterocycles. The van der Waals surface area contributed by atoms with Crippen molar-refractivity contribution >= 4 is 5.95 Å². The van der Waals surface area contributed by atoms with Crippen molar-refractivity contribution in [1.82, 2.24) is 9.97 Å². The van der Waals surface area contributed by atoms with Gasteiger partial charge in [-0.05, 0) is 12.5 Å². The van der Waals surface area contributed by atoms with Gasteiger partial charge in [0.25, 0.3) is 0 Å². The second kappa shape index (κ2) is 4.90. The predicted molar refractivity (Wildman–Crippen MR) is 59.0 cm³/mol. The smallest absolute Gasteiger partial charge is 0.226 e. The van der Waals surface area contributed by atoms with Crippen molar-refractivity contribution in [1.29, 1.82) is 5.26 Å². The maximum Gasteiger partial charge on any atom is 0.226 e. The van der Waals surface area contributed by atoms with Crippen LogP contribution in [0.5, 0.6) is 0 Å². The van der Waals surface area contributed by atoms with Crippen LogP contribution in [0, 0.1) is 11.3 Å². The molecule has 5 nitrogen and oxygen atoms in total. The number of hydrogen-bond acceptors (Lipinski definition) is 5. The topological polar surface area (TPSA) is 62.0 Å². The average Bonchev–Trinajstić information content (AvgIpc) is 2.38. The Hall–Kier alpha value is -1.67. The van der Waals surface area contributed by atoms with Crippen LogP contribution in [0.1, 0.15) is 19.0 Å². The molecule has 1 aliphatic rings. The number of nitrogens with zero attached hydrogens (tertiary/aromatic N) is 4. The van der Waals surface area contributed by atoms with E-state index in [4.69, 9.17) is 10.00 Å². The van der Waals surface area contributed by atoms with Crippen LogP contribution in [-0.2, 0) is 4.74 Å². The van der Waals surface area contributed by atoms with Crippen LogP contribution in [0.4, 0.5) is 5.95 Å². The number of hydrogen-bond donors (Lipinski definition) is 0. The Balaban J connectivity index is 2.24. The molecule has 16 heavy (non-hydrogen) atoms. The van der Waals surface area contributed by atoms with E-state index in [0.717, 1.165) is 13.0 Å². The van der Waals surface area contributed by atoms with Crippen LogP contribution in [0.3, 0.4) is 0 Å². The van der Waals surface area contributed by atoms with Crippen LogP contribution in [0.25, 0.3) is 0 Å². The fraction of sp³-hybridized carbons (Fsp3) is 0.545. The quantitative estimate of drug-likeness (QED) is 0.740. The molecule has 5 heteroatoms. The second-order valence-corrected chi connectivity index (χ2v) is 3.68. The molecule has 1 unspecified atom stereocenters. The van der Waals surface area contributed by atoms with E-state index in [0.29, 0.717) is 30.9 Å². The summed E-state index contributed by atoms with van der Waals surface area (Å²) in [5.41, 5.74) is 0.409. The van der Waals surface area contributed by atoms with E-state index < -0.39 is 0 Å². The highest BCUT2D eigenvalue weighted by atomic mass is 16.5. The van der Waals surface area contributed by atoms with Gasteiger partial charge in [-0.1, -0.05) is 6.92 Å². The molecule has 2 rings (SSSR count). The second-order valence-electron chi connectivity index (χ2n) is 3.68. The highest BCUT2D eigenvalue weighted by Gasteiger charge is 2.23. The van der Waals surface area contributed by atoms with Crippen molar-refractivity contribution in [2.45, 2.75) is 19.4 Å². The van der Waals surface area contributed by atoms with Crippen LogP contribution in [0.15, 0.2) is 12.3 Å². The minimum Gasteiger partial charge on any atom is -0.377 e. The molecule has 0 N–H and O–H groups in total. The maximum absolute atomic E-state index is 8.80. The summed E-state index contributed by atoms with van der Waals surface area (Å²) in [5, 5.41) is 8.80. The molecule has 0 radical (unpaired) electrons. The molecule has 1 fully saturated rings. The van der Waals surface area contributed by atoms with Crippen molar-refractivity contribution in [2.24, 2.45) is 0 Å². The Morgan fingerprint density at radius 3 is 3.31 bits per heavy atom. The van der Waals surface area contributed by atoms with Crippen LogP contribution in [0.2, 0.25) is 0 Å². The average molecular weight is 218 g/mol. The Labute approximate surface area is 94.7 Å². The zero-order valence-corrected chi connectivity index (χ0v) is 9.26. The van der Waals surface area contributed by atoms with Crippen molar-refractivity contribution in [3.05, 3.63) is 18.0 Å².